The fraction of sp³-hybridized carbons (Fsp3) is 0.727. The van der Waals surface area contributed by atoms with Gasteiger partial charge in [-0.15, -0.1) is 24.0 Å². The van der Waals surface area contributed by atoms with E-state index in [1.54, 1.807) is 6.07 Å². The van der Waals surface area contributed by atoms with Gasteiger partial charge in [-0.2, -0.15) is 0 Å². The van der Waals surface area contributed by atoms with Gasteiger partial charge in [-0.3, -0.25) is 9.79 Å². The minimum atomic E-state index is 0. The van der Waals surface area contributed by atoms with Crippen molar-refractivity contribution in [2.75, 3.05) is 26.2 Å². The molecule has 2 rings (SSSR count). The summed E-state index contributed by atoms with van der Waals surface area (Å²) in [7, 11) is 0. The van der Waals surface area contributed by atoms with E-state index in [1.165, 1.54) is 38.5 Å². The Morgan fingerprint density at radius 3 is 2.62 bits per heavy atom. The molecular weight excluding hydrogens is 479 g/mol. The van der Waals surface area contributed by atoms with Gasteiger partial charge in [-0.05, 0) is 45.6 Å². The molecule has 0 saturated heterocycles. The number of aliphatic imine (C=N–C) groups is 1. The Morgan fingerprint density at radius 2 is 1.93 bits per heavy atom. The van der Waals surface area contributed by atoms with Crippen molar-refractivity contribution in [1.29, 1.82) is 0 Å². The average molecular weight is 518 g/mol. The predicted octanol–water partition coefficient (Wildman–Crippen LogP) is 3.85. The molecule has 1 aromatic heterocycles. The lowest BCUT2D eigenvalue weighted by molar-refractivity contribution is 0.0468. The minimum Gasteiger partial charge on any atom is -0.376 e. The van der Waals surface area contributed by atoms with Gasteiger partial charge in [0.05, 0.1) is 12.7 Å². The van der Waals surface area contributed by atoms with Gasteiger partial charge in [0, 0.05) is 37.9 Å². The molecular formula is C22H39IN4O2. The summed E-state index contributed by atoms with van der Waals surface area (Å²) in [6.07, 6.45) is 10.1. The predicted molar refractivity (Wildman–Crippen MR) is 132 cm³/mol. The molecule has 1 aliphatic carbocycles. The van der Waals surface area contributed by atoms with Crippen LogP contribution < -0.4 is 16.2 Å². The number of halogens is 1. The Kier molecular flexibility index (Phi) is 14.1. The normalized spacial score (nSPS) is 15.4. The van der Waals surface area contributed by atoms with E-state index in [0.717, 1.165) is 57.3 Å². The van der Waals surface area contributed by atoms with Crippen molar-refractivity contribution in [3.05, 3.63) is 34.2 Å². The molecule has 0 atom stereocenters. The first-order valence-corrected chi connectivity index (χ1v) is 11.0. The van der Waals surface area contributed by atoms with E-state index in [4.69, 9.17) is 4.74 Å². The van der Waals surface area contributed by atoms with Crippen LogP contribution in [-0.4, -0.2) is 42.9 Å². The molecule has 0 bridgehead atoms. The standard InChI is InChI=1S/C22H38N4O2.HI/c1-3-23-22(25-16-18-28-20-12-6-4-5-7-13-20)24-15-8-9-17-26-19(2)11-10-14-21(26)27;/h10-11,14,20H,3-9,12-13,15-18H2,1-2H3,(H2,23,24,25);1H. The van der Waals surface area contributed by atoms with Crippen molar-refractivity contribution in [2.45, 2.75) is 77.9 Å². The zero-order chi connectivity index (χ0) is 20.0. The third kappa shape index (κ3) is 10.5. The van der Waals surface area contributed by atoms with Crippen LogP contribution in [0.5, 0.6) is 0 Å². The Balaban J connectivity index is 0.00000420. The molecule has 0 aliphatic heterocycles. The number of hydrogen-bond acceptors (Lipinski definition) is 3. The monoisotopic (exact) mass is 518 g/mol. The molecule has 1 aliphatic rings. The van der Waals surface area contributed by atoms with Crippen LogP contribution in [0.3, 0.4) is 0 Å². The number of unbranched alkanes of at least 4 members (excludes halogenated alkanes) is 1. The second-order valence-corrected chi connectivity index (χ2v) is 7.54. The quantitative estimate of drug-likeness (QED) is 0.162. The molecule has 2 N–H and O–H groups in total. The van der Waals surface area contributed by atoms with Gasteiger partial charge in [-0.25, -0.2) is 0 Å². The summed E-state index contributed by atoms with van der Waals surface area (Å²) in [5.41, 5.74) is 1.09. The minimum absolute atomic E-state index is 0. The summed E-state index contributed by atoms with van der Waals surface area (Å²) >= 11 is 0. The maximum atomic E-state index is 11.9. The molecule has 7 heteroatoms. The van der Waals surface area contributed by atoms with Gasteiger partial charge in [0.15, 0.2) is 5.96 Å². The zero-order valence-corrected chi connectivity index (χ0v) is 20.5. The van der Waals surface area contributed by atoms with E-state index in [9.17, 15) is 4.79 Å². The van der Waals surface area contributed by atoms with E-state index < -0.39 is 0 Å². The highest BCUT2D eigenvalue weighted by atomic mass is 127. The molecule has 1 heterocycles. The number of hydrogen-bond donors (Lipinski definition) is 2. The molecule has 29 heavy (non-hydrogen) atoms. The lowest BCUT2D eigenvalue weighted by Gasteiger charge is -2.16. The van der Waals surface area contributed by atoms with Gasteiger partial charge in [0.1, 0.15) is 0 Å². The third-order valence-corrected chi connectivity index (χ3v) is 5.22. The fourth-order valence-electron chi connectivity index (χ4n) is 3.63. The summed E-state index contributed by atoms with van der Waals surface area (Å²) < 4.78 is 7.86. The Hall–Kier alpha value is -1.09. The van der Waals surface area contributed by atoms with Crippen LogP contribution in [0.1, 0.15) is 64.0 Å². The largest absolute Gasteiger partial charge is 0.376 e. The van der Waals surface area contributed by atoms with Crippen LogP contribution in [0.15, 0.2) is 28.0 Å². The molecule has 0 amide bonds. The lowest BCUT2D eigenvalue weighted by atomic mass is 10.1. The summed E-state index contributed by atoms with van der Waals surface area (Å²) in [6, 6.07) is 5.41. The maximum Gasteiger partial charge on any atom is 0.250 e. The first-order chi connectivity index (χ1) is 13.7. The number of nitrogens with zero attached hydrogens (tertiary/aromatic N) is 2. The second kappa shape index (κ2) is 15.7. The molecule has 0 unspecified atom stereocenters. The molecule has 1 aromatic rings. The molecule has 0 radical (unpaired) electrons. The van der Waals surface area contributed by atoms with Crippen LogP contribution in [0, 0.1) is 6.92 Å². The van der Waals surface area contributed by atoms with Crippen molar-refractivity contribution >= 4 is 29.9 Å². The maximum absolute atomic E-state index is 11.9. The summed E-state index contributed by atoms with van der Waals surface area (Å²) in [5.74, 6) is 0.847. The van der Waals surface area contributed by atoms with Crippen molar-refractivity contribution in [1.82, 2.24) is 15.2 Å². The molecule has 6 nitrogen and oxygen atoms in total. The van der Waals surface area contributed by atoms with Gasteiger partial charge < -0.3 is 19.9 Å². The molecule has 0 spiro atoms. The van der Waals surface area contributed by atoms with E-state index in [1.807, 2.05) is 23.6 Å². The number of guanidine groups is 1. The van der Waals surface area contributed by atoms with E-state index in [0.29, 0.717) is 6.10 Å². The van der Waals surface area contributed by atoms with Gasteiger partial charge in [-0.1, -0.05) is 31.7 Å². The first-order valence-electron chi connectivity index (χ1n) is 11.0. The Labute approximate surface area is 192 Å². The first kappa shape index (κ1) is 25.9. The number of ether oxygens (including phenoxy) is 1. The SMILES string of the molecule is CCNC(=NCCCCn1c(C)cccc1=O)NCCOC1CCCCCC1.I. The number of aryl methyl sites for hydroxylation is 1. The molecule has 1 fully saturated rings. The average Bonchev–Trinajstić information content (AvgIpc) is 2.95. The number of rotatable bonds is 10. The zero-order valence-electron chi connectivity index (χ0n) is 18.1. The Bertz CT molecular complexity index is 640. The molecule has 0 aromatic carbocycles. The third-order valence-electron chi connectivity index (χ3n) is 5.22. The van der Waals surface area contributed by atoms with Crippen LogP contribution in [0.2, 0.25) is 0 Å². The summed E-state index contributed by atoms with van der Waals surface area (Å²) in [6.45, 7) is 7.90. The van der Waals surface area contributed by atoms with Crippen LogP contribution in [0.25, 0.3) is 0 Å². The fourth-order valence-corrected chi connectivity index (χ4v) is 3.63. The van der Waals surface area contributed by atoms with Crippen molar-refractivity contribution < 1.29 is 4.74 Å². The van der Waals surface area contributed by atoms with Crippen LogP contribution in [-0.2, 0) is 11.3 Å². The van der Waals surface area contributed by atoms with Crippen LogP contribution in [0.4, 0.5) is 0 Å². The van der Waals surface area contributed by atoms with Gasteiger partial charge >= 0.3 is 0 Å². The van der Waals surface area contributed by atoms with Gasteiger partial charge in [0.25, 0.3) is 5.56 Å². The highest BCUT2D eigenvalue weighted by Gasteiger charge is 2.12. The highest BCUT2D eigenvalue weighted by Crippen LogP contribution is 2.19. The number of aromatic nitrogens is 1. The lowest BCUT2D eigenvalue weighted by Crippen LogP contribution is -2.39. The topological polar surface area (TPSA) is 67.7 Å². The molecule has 166 valence electrons. The summed E-state index contributed by atoms with van der Waals surface area (Å²) in [4.78, 5) is 16.5. The number of nitrogens with one attached hydrogen (secondary N) is 2. The van der Waals surface area contributed by atoms with E-state index >= 15 is 0 Å². The second-order valence-electron chi connectivity index (χ2n) is 7.54. The van der Waals surface area contributed by atoms with Crippen molar-refractivity contribution in [3.63, 3.8) is 0 Å². The van der Waals surface area contributed by atoms with Crippen molar-refractivity contribution in [2.24, 2.45) is 4.99 Å². The summed E-state index contributed by atoms with van der Waals surface area (Å²) in [5, 5.41) is 6.65. The van der Waals surface area contributed by atoms with Gasteiger partial charge in [0.2, 0.25) is 0 Å². The highest BCUT2D eigenvalue weighted by molar-refractivity contribution is 14.0. The van der Waals surface area contributed by atoms with E-state index in [2.05, 4.69) is 22.5 Å². The van der Waals surface area contributed by atoms with Crippen molar-refractivity contribution in [3.8, 4) is 0 Å². The van der Waals surface area contributed by atoms with Crippen LogP contribution >= 0.6 is 24.0 Å². The molecule has 1 saturated carbocycles. The van der Waals surface area contributed by atoms with E-state index in [-0.39, 0.29) is 29.5 Å². The Morgan fingerprint density at radius 1 is 1.17 bits per heavy atom. The smallest absolute Gasteiger partial charge is 0.250 e. The number of pyridine rings is 1.